The maximum atomic E-state index is 4.08. The van der Waals surface area contributed by atoms with Gasteiger partial charge in [0, 0.05) is 77.9 Å². The molecule has 0 aliphatic heterocycles. The van der Waals surface area contributed by atoms with Gasteiger partial charge in [-0.2, -0.15) is 0 Å². The first-order valence-electron chi connectivity index (χ1n) is 0.471. The maximum absolute atomic E-state index is 4.08. The van der Waals surface area contributed by atoms with Gasteiger partial charge in [-0.15, -0.1) is 0 Å². The summed E-state index contributed by atoms with van der Waals surface area (Å²) in [4.78, 5) is 0. The van der Waals surface area contributed by atoms with E-state index in [9.17, 15) is 0 Å². The van der Waals surface area contributed by atoms with Gasteiger partial charge in [-0.05, 0) is 0 Å². The molecule has 0 bridgehead atoms. The molecule has 0 fully saturated rings. The average Bonchev–Trinajstić information content (AvgIpc) is 0.918. The summed E-state index contributed by atoms with van der Waals surface area (Å²) in [5, 5.41) is 0. The Balaban J connectivity index is -0.00000000333. The molecular formula is Al2ORu4. The normalized spacial score (nSPS) is 2.29. The molecule has 0 amide bonds. The first-order chi connectivity index (χ1) is 1.41. The monoisotopic (exact) mass is 478 g/mol. The molecule has 0 aliphatic carbocycles. The molecule has 0 atom stereocenters. The van der Waals surface area contributed by atoms with E-state index in [-0.39, 0.29) is 77.9 Å². The van der Waals surface area contributed by atoms with Crippen LogP contribution in [0.2, 0.25) is 0 Å². The quantitative estimate of drug-likeness (QED) is 0.417. The summed E-state index contributed by atoms with van der Waals surface area (Å²) in [7, 11) is 0. The summed E-state index contributed by atoms with van der Waals surface area (Å²) in [5.41, 5.74) is 0. The first kappa shape index (κ1) is 31.3. The zero-order valence-electron chi connectivity index (χ0n) is 2.98. The van der Waals surface area contributed by atoms with Gasteiger partial charge in [-0.25, -0.2) is 0 Å². The fraction of sp³-hybridized carbons (Fsp3) is 0. The van der Waals surface area contributed by atoms with Crippen LogP contribution in [0.5, 0.6) is 0 Å². The molecule has 0 aromatic rings. The van der Waals surface area contributed by atoms with Gasteiger partial charge >= 0.3 is 33.2 Å². The van der Waals surface area contributed by atoms with E-state index in [1.807, 2.05) is 33.2 Å². The van der Waals surface area contributed by atoms with Crippen LogP contribution in [0.1, 0.15) is 0 Å². The van der Waals surface area contributed by atoms with Crippen molar-refractivity contribution in [1.82, 2.24) is 0 Å². The second-order valence-corrected chi connectivity index (χ2v) is 1.22. The Morgan fingerprint density at radius 3 is 0.714 bits per heavy atom. The van der Waals surface area contributed by atoms with Crippen molar-refractivity contribution in [3.63, 3.8) is 0 Å². The van der Waals surface area contributed by atoms with E-state index in [1.165, 1.54) is 0 Å². The number of hydrogen-bond donors (Lipinski definition) is 0. The Labute approximate surface area is 112 Å². The van der Waals surface area contributed by atoms with Crippen molar-refractivity contribution in [3.8, 4) is 0 Å². The third kappa shape index (κ3) is 43.5. The van der Waals surface area contributed by atoms with Gasteiger partial charge in [-0.1, -0.05) is 0 Å². The SMILES string of the molecule is [Al][O][Al].[Ru].[Ru].[Ru].[Ru]. The molecule has 0 unspecified atom stereocenters. The standard InChI is InChI=1S/2Al.O.4Ru. The summed E-state index contributed by atoms with van der Waals surface area (Å²) in [5.74, 6) is 0. The molecule has 7 heteroatoms. The topological polar surface area (TPSA) is 9.23 Å². The summed E-state index contributed by atoms with van der Waals surface area (Å²) < 4.78 is 4.08. The minimum atomic E-state index is 0. The minimum Gasteiger partial charge on any atom is -0.663 e. The van der Waals surface area contributed by atoms with E-state index in [0.29, 0.717) is 0 Å². The third-order valence-corrected chi connectivity index (χ3v) is 0. The Kier molecular flexibility index (Phi) is 151. The van der Waals surface area contributed by atoms with Gasteiger partial charge in [0.25, 0.3) is 0 Å². The fourth-order valence-corrected chi connectivity index (χ4v) is 0. The van der Waals surface area contributed by atoms with Crippen LogP contribution in [0.15, 0.2) is 0 Å². The molecule has 0 heterocycles. The van der Waals surface area contributed by atoms with Crippen molar-refractivity contribution in [2.45, 2.75) is 0 Å². The van der Waals surface area contributed by atoms with Gasteiger partial charge < -0.3 is 2.84 Å². The second kappa shape index (κ2) is 33.8. The van der Waals surface area contributed by atoms with Gasteiger partial charge in [0.1, 0.15) is 0 Å². The van der Waals surface area contributed by atoms with Crippen LogP contribution in [0.4, 0.5) is 0 Å². The van der Waals surface area contributed by atoms with Crippen LogP contribution in [-0.2, 0) is 80.8 Å². The molecular weight excluding hydrogens is 474 g/mol. The summed E-state index contributed by atoms with van der Waals surface area (Å²) >= 11 is 4.08. The van der Waals surface area contributed by atoms with E-state index < -0.39 is 0 Å². The van der Waals surface area contributed by atoms with Gasteiger partial charge in [0.2, 0.25) is 0 Å². The van der Waals surface area contributed by atoms with Gasteiger partial charge in [0.15, 0.2) is 0 Å². The molecule has 0 saturated carbocycles. The Morgan fingerprint density at radius 2 is 0.714 bits per heavy atom. The zero-order chi connectivity index (χ0) is 2.71. The number of rotatable bonds is 0. The average molecular weight is 474 g/mol. The van der Waals surface area contributed by atoms with Crippen LogP contribution in [0.3, 0.4) is 0 Å². The molecule has 44 valence electrons. The molecule has 0 aromatic carbocycles. The molecule has 0 saturated heterocycles. The molecule has 1 nitrogen and oxygen atoms in total. The minimum absolute atomic E-state index is 0. The second-order valence-electron chi connectivity index (χ2n) is 0.136. The maximum Gasteiger partial charge on any atom is 0.331 e. The Hall–Kier alpha value is 3.52. The molecule has 0 spiro atoms. The van der Waals surface area contributed by atoms with Gasteiger partial charge in [-0.3, -0.25) is 0 Å². The van der Waals surface area contributed by atoms with Crippen molar-refractivity contribution in [2.24, 2.45) is 0 Å². The third-order valence-electron chi connectivity index (χ3n) is 0. The van der Waals surface area contributed by atoms with E-state index in [4.69, 9.17) is 0 Å². The van der Waals surface area contributed by atoms with Crippen molar-refractivity contribution < 1.29 is 80.8 Å². The number of hydrogen-bond acceptors (Lipinski definition) is 1. The van der Waals surface area contributed by atoms with Crippen molar-refractivity contribution in [1.29, 1.82) is 0 Å². The predicted molar refractivity (Wildman–Crippen MR) is 12.6 cm³/mol. The molecule has 4 radical (unpaired) electrons. The molecule has 0 aromatic heterocycles. The first-order valence-corrected chi connectivity index (χ1v) is 1.41. The van der Waals surface area contributed by atoms with Crippen molar-refractivity contribution in [2.75, 3.05) is 0 Å². The zero-order valence-corrected chi connectivity index (χ0v) is 12.2. The molecule has 7 heavy (non-hydrogen) atoms. The molecule has 0 N–H and O–H groups in total. The van der Waals surface area contributed by atoms with Crippen LogP contribution in [0.25, 0.3) is 0 Å². The van der Waals surface area contributed by atoms with E-state index >= 15 is 0 Å². The smallest absolute Gasteiger partial charge is 0.331 e. The molecule has 0 rings (SSSR count). The van der Waals surface area contributed by atoms with E-state index in [1.54, 1.807) is 0 Å². The van der Waals surface area contributed by atoms with E-state index in [2.05, 4.69) is 2.84 Å². The fourth-order valence-electron chi connectivity index (χ4n) is 0. The Morgan fingerprint density at radius 1 is 0.714 bits per heavy atom. The van der Waals surface area contributed by atoms with Crippen LogP contribution >= 0.6 is 0 Å². The van der Waals surface area contributed by atoms with Crippen LogP contribution < -0.4 is 0 Å². The molecule has 0 aliphatic rings. The van der Waals surface area contributed by atoms with Gasteiger partial charge in [0.05, 0.1) is 0 Å². The summed E-state index contributed by atoms with van der Waals surface area (Å²) in [6.07, 6.45) is 0. The Bertz CT molecular complexity index is 9.65. The van der Waals surface area contributed by atoms with E-state index in [0.717, 1.165) is 0 Å². The summed E-state index contributed by atoms with van der Waals surface area (Å²) in [6.45, 7) is 0. The van der Waals surface area contributed by atoms with Crippen LogP contribution in [-0.4, -0.2) is 33.2 Å². The largest absolute Gasteiger partial charge is 0.663 e. The summed E-state index contributed by atoms with van der Waals surface area (Å²) in [6, 6.07) is 0. The van der Waals surface area contributed by atoms with Crippen molar-refractivity contribution in [3.05, 3.63) is 0 Å². The van der Waals surface area contributed by atoms with Crippen LogP contribution in [0, 0.1) is 0 Å². The predicted octanol–water partition coefficient (Wildman–Crippen LogP) is -0.840. The van der Waals surface area contributed by atoms with Crippen molar-refractivity contribution >= 4 is 33.2 Å².